The molecule has 1 saturated carbocycles. The fourth-order valence-corrected chi connectivity index (χ4v) is 2.65. The van der Waals surface area contributed by atoms with Gasteiger partial charge in [0.1, 0.15) is 0 Å². The topological polar surface area (TPSA) is 66.4 Å². The van der Waals surface area contributed by atoms with Gasteiger partial charge in [-0.3, -0.25) is 9.59 Å². The SMILES string of the molecule is CC(CC(=O)O)CC(=O)NCC1(C)CCCCC1. The van der Waals surface area contributed by atoms with E-state index in [2.05, 4.69) is 12.2 Å². The standard InChI is InChI=1S/C14H25NO3/c1-11(9-13(17)18)8-12(16)15-10-14(2)6-4-3-5-7-14/h11H,3-10H2,1-2H3,(H,15,16)(H,17,18). The van der Waals surface area contributed by atoms with Crippen molar-refractivity contribution in [2.45, 2.75) is 58.8 Å². The molecular formula is C14H25NO3. The third kappa shape index (κ3) is 5.52. The van der Waals surface area contributed by atoms with E-state index in [1.54, 1.807) is 6.92 Å². The normalized spacial score (nSPS) is 20.1. The minimum atomic E-state index is -0.838. The van der Waals surface area contributed by atoms with E-state index in [1.807, 2.05) is 0 Å². The van der Waals surface area contributed by atoms with Crippen molar-refractivity contribution in [1.29, 1.82) is 0 Å². The quantitative estimate of drug-likeness (QED) is 0.766. The molecule has 0 bridgehead atoms. The van der Waals surface area contributed by atoms with Gasteiger partial charge in [0.15, 0.2) is 0 Å². The van der Waals surface area contributed by atoms with E-state index >= 15 is 0 Å². The molecule has 1 amide bonds. The Balaban J connectivity index is 2.25. The molecule has 0 aromatic carbocycles. The lowest BCUT2D eigenvalue weighted by atomic mass is 9.76. The zero-order chi connectivity index (χ0) is 13.6. The van der Waals surface area contributed by atoms with E-state index in [0.29, 0.717) is 6.42 Å². The molecule has 1 atom stereocenters. The Labute approximate surface area is 109 Å². The van der Waals surface area contributed by atoms with Crippen molar-refractivity contribution >= 4 is 11.9 Å². The van der Waals surface area contributed by atoms with Crippen LogP contribution in [0.5, 0.6) is 0 Å². The molecule has 18 heavy (non-hydrogen) atoms. The van der Waals surface area contributed by atoms with Crippen molar-refractivity contribution in [3.8, 4) is 0 Å². The molecule has 0 saturated heterocycles. The first-order valence-electron chi connectivity index (χ1n) is 6.90. The summed E-state index contributed by atoms with van der Waals surface area (Å²) >= 11 is 0. The number of carbonyl (C=O) groups excluding carboxylic acids is 1. The molecular weight excluding hydrogens is 230 g/mol. The van der Waals surface area contributed by atoms with Crippen molar-refractivity contribution in [2.75, 3.05) is 6.54 Å². The van der Waals surface area contributed by atoms with Gasteiger partial charge in [-0.1, -0.05) is 33.1 Å². The van der Waals surface area contributed by atoms with Gasteiger partial charge in [-0.05, 0) is 24.2 Å². The van der Waals surface area contributed by atoms with Crippen LogP contribution >= 0.6 is 0 Å². The van der Waals surface area contributed by atoms with Crippen LogP contribution in [-0.4, -0.2) is 23.5 Å². The highest BCUT2D eigenvalue weighted by molar-refractivity contribution is 5.77. The Morgan fingerprint density at radius 1 is 1.22 bits per heavy atom. The molecule has 1 unspecified atom stereocenters. The van der Waals surface area contributed by atoms with E-state index in [0.717, 1.165) is 6.54 Å². The second kappa shape index (κ2) is 6.76. The van der Waals surface area contributed by atoms with Crippen molar-refractivity contribution in [3.63, 3.8) is 0 Å². The first-order valence-corrected chi connectivity index (χ1v) is 6.90. The van der Waals surface area contributed by atoms with Crippen molar-refractivity contribution in [1.82, 2.24) is 5.32 Å². The molecule has 0 radical (unpaired) electrons. The Hall–Kier alpha value is -1.06. The average molecular weight is 255 g/mol. The number of aliphatic carboxylic acids is 1. The minimum Gasteiger partial charge on any atom is -0.481 e. The molecule has 2 N–H and O–H groups in total. The highest BCUT2D eigenvalue weighted by atomic mass is 16.4. The predicted molar refractivity (Wildman–Crippen MR) is 70.2 cm³/mol. The molecule has 0 heterocycles. The van der Waals surface area contributed by atoms with Gasteiger partial charge in [-0.25, -0.2) is 0 Å². The lowest BCUT2D eigenvalue weighted by molar-refractivity contribution is -0.138. The predicted octanol–water partition coefficient (Wildman–Crippen LogP) is 2.57. The lowest BCUT2D eigenvalue weighted by Gasteiger charge is -2.33. The number of amides is 1. The number of carboxylic acid groups (broad SMARTS) is 1. The molecule has 1 rings (SSSR count). The van der Waals surface area contributed by atoms with Crippen LogP contribution in [0.3, 0.4) is 0 Å². The Bertz CT molecular complexity index is 295. The summed E-state index contributed by atoms with van der Waals surface area (Å²) in [5, 5.41) is 11.6. The maximum atomic E-state index is 11.7. The number of carbonyl (C=O) groups is 2. The molecule has 0 aliphatic heterocycles. The van der Waals surface area contributed by atoms with Crippen molar-refractivity contribution in [2.24, 2.45) is 11.3 Å². The fraction of sp³-hybridized carbons (Fsp3) is 0.857. The van der Waals surface area contributed by atoms with Gasteiger partial charge in [0.2, 0.25) is 5.91 Å². The van der Waals surface area contributed by atoms with E-state index in [-0.39, 0.29) is 23.7 Å². The third-order valence-corrected chi connectivity index (χ3v) is 3.83. The third-order valence-electron chi connectivity index (χ3n) is 3.83. The van der Waals surface area contributed by atoms with Gasteiger partial charge in [0, 0.05) is 19.4 Å². The molecule has 1 aliphatic rings. The zero-order valence-electron chi connectivity index (χ0n) is 11.5. The lowest BCUT2D eigenvalue weighted by Crippen LogP contribution is -2.37. The number of nitrogens with one attached hydrogen (secondary N) is 1. The molecule has 0 spiro atoms. The smallest absolute Gasteiger partial charge is 0.303 e. The monoisotopic (exact) mass is 255 g/mol. The number of hydrogen-bond acceptors (Lipinski definition) is 2. The summed E-state index contributed by atoms with van der Waals surface area (Å²) in [6.07, 6.45) is 6.53. The average Bonchev–Trinajstić information content (AvgIpc) is 2.26. The van der Waals surface area contributed by atoms with Gasteiger partial charge in [0.05, 0.1) is 0 Å². The molecule has 4 nitrogen and oxygen atoms in total. The van der Waals surface area contributed by atoms with Crippen LogP contribution in [0, 0.1) is 11.3 Å². The maximum Gasteiger partial charge on any atom is 0.303 e. The summed E-state index contributed by atoms with van der Waals surface area (Å²) in [5.74, 6) is -0.952. The number of rotatable bonds is 6. The van der Waals surface area contributed by atoms with Crippen LogP contribution in [0.2, 0.25) is 0 Å². The van der Waals surface area contributed by atoms with Crippen molar-refractivity contribution in [3.05, 3.63) is 0 Å². The van der Waals surface area contributed by atoms with Crippen molar-refractivity contribution < 1.29 is 14.7 Å². The van der Waals surface area contributed by atoms with E-state index in [1.165, 1.54) is 32.1 Å². The molecule has 4 heteroatoms. The Morgan fingerprint density at radius 3 is 2.39 bits per heavy atom. The van der Waals surface area contributed by atoms with Gasteiger partial charge >= 0.3 is 5.97 Å². The van der Waals surface area contributed by atoms with Gasteiger partial charge < -0.3 is 10.4 Å². The summed E-state index contributed by atoms with van der Waals surface area (Å²) < 4.78 is 0. The van der Waals surface area contributed by atoms with Crippen LogP contribution < -0.4 is 5.32 Å². The first kappa shape index (κ1) is 15.0. The van der Waals surface area contributed by atoms with Crippen LogP contribution in [0.4, 0.5) is 0 Å². The van der Waals surface area contributed by atoms with Crippen LogP contribution in [0.25, 0.3) is 0 Å². The molecule has 0 aromatic rings. The highest BCUT2D eigenvalue weighted by Gasteiger charge is 2.27. The minimum absolute atomic E-state index is 0.0180. The summed E-state index contributed by atoms with van der Waals surface area (Å²) in [6.45, 7) is 4.76. The first-order chi connectivity index (χ1) is 8.41. The molecule has 1 fully saturated rings. The second-order valence-electron chi connectivity index (χ2n) is 6.06. The largest absolute Gasteiger partial charge is 0.481 e. The van der Waals surface area contributed by atoms with Gasteiger partial charge in [-0.15, -0.1) is 0 Å². The van der Waals surface area contributed by atoms with Gasteiger partial charge in [0.25, 0.3) is 0 Å². The van der Waals surface area contributed by atoms with Crippen LogP contribution in [-0.2, 0) is 9.59 Å². The Kier molecular flexibility index (Phi) is 5.63. The van der Waals surface area contributed by atoms with Gasteiger partial charge in [-0.2, -0.15) is 0 Å². The van der Waals surface area contributed by atoms with E-state index in [4.69, 9.17) is 5.11 Å². The summed E-state index contributed by atoms with van der Waals surface area (Å²) in [4.78, 5) is 22.2. The number of carboxylic acids is 1. The van der Waals surface area contributed by atoms with E-state index in [9.17, 15) is 9.59 Å². The fourth-order valence-electron chi connectivity index (χ4n) is 2.65. The second-order valence-corrected chi connectivity index (χ2v) is 6.06. The van der Waals surface area contributed by atoms with Crippen LogP contribution in [0.1, 0.15) is 58.8 Å². The zero-order valence-corrected chi connectivity index (χ0v) is 11.5. The molecule has 0 aromatic heterocycles. The summed E-state index contributed by atoms with van der Waals surface area (Å²) in [6, 6.07) is 0. The molecule has 104 valence electrons. The number of hydrogen-bond donors (Lipinski definition) is 2. The summed E-state index contributed by atoms with van der Waals surface area (Å²) in [5.41, 5.74) is 0.240. The van der Waals surface area contributed by atoms with E-state index < -0.39 is 5.97 Å². The Morgan fingerprint density at radius 2 is 1.83 bits per heavy atom. The summed E-state index contributed by atoms with van der Waals surface area (Å²) in [7, 11) is 0. The highest BCUT2D eigenvalue weighted by Crippen LogP contribution is 2.34. The maximum absolute atomic E-state index is 11.7. The van der Waals surface area contributed by atoms with Crippen LogP contribution in [0.15, 0.2) is 0 Å². The molecule has 1 aliphatic carbocycles.